The normalized spacial score (nSPS) is 22.2. The van der Waals surface area contributed by atoms with Gasteiger partial charge in [-0.1, -0.05) is 79.9 Å². The second-order valence-electron chi connectivity index (χ2n) is 11.3. The summed E-state index contributed by atoms with van der Waals surface area (Å²) in [7, 11) is 0. The van der Waals surface area contributed by atoms with Crippen molar-refractivity contribution in [3.63, 3.8) is 0 Å². The summed E-state index contributed by atoms with van der Waals surface area (Å²) in [5.74, 6) is -4.80. The first-order valence-electron chi connectivity index (χ1n) is 14.4. The van der Waals surface area contributed by atoms with Crippen LogP contribution in [0.3, 0.4) is 0 Å². The quantitative estimate of drug-likeness (QED) is 0.235. The van der Waals surface area contributed by atoms with Gasteiger partial charge < -0.3 is 10.1 Å². The highest BCUT2D eigenvalue weighted by Gasteiger charge is 2.63. The molecule has 2 bridgehead atoms. The first kappa shape index (κ1) is 29.9. The van der Waals surface area contributed by atoms with Crippen LogP contribution in [0.2, 0.25) is 5.02 Å². The maximum absolute atomic E-state index is 14.1. The van der Waals surface area contributed by atoms with Crippen molar-refractivity contribution in [3.05, 3.63) is 99.6 Å². The number of nitrogens with one attached hydrogen (secondary N) is 1. The number of halogens is 4. The number of carbonyl (C=O) groups is 4. The number of carbonyl (C=O) groups excluding carboxylic acids is 4. The number of hydrogen-bond donors (Lipinski definition) is 1. The van der Waals surface area contributed by atoms with Crippen molar-refractivity contribution in [1.82, 2.24) is 4.90 Å². The fraction of sp³-hybridized carbons (Fsp3) is 0.333. The highest BCUT2D eigenvalue weighted by Crippen LogP contribution is 2.61. The minimum atomic E-state index is -4.66. The molecule has 11 heteroatoms. The van der Waals surface area contributed by atoms with Crippen LogP contribution in [0.4, 0.5) is 18.9 Å². The number of alkyl halides is 3. The molecule has 3 aliphatic carbocycles. The second-order valence-corrected chi connectivity index (χ2v) is 11.7. The molecule has 0 unspecified atom stereocenters. The van der Waals surface area contributed by atoms with Gasteiger partial charge in [0.25, 0.3) is 5.91 Å². The third-order valence-electron chi connectivity index (χ3n) is 8.81. The van der Waals surface area contributed by atoms with Crippen LogP contribution >= 0.6 is 11.6 Å². The van der Waals surface area contributed by atoms with E-state index in [4.69, 9.17) is 16.3 Å². The highest BCUT2D eigenvalue weighted by molar-refractivity contribution is 6.33. The molecule has 7 nitrogen and oxygen atoms in total. The van der Waals surface area contributed by atoms with Crippen molar-refractivity contribution in [3.8, 4) is 0 Å². The van der Waals surface area contributed by atoms with E-state index in [1.54, 1.807) is 0 Å². The zero-order chi connectivity index (χ0) is 31.3. The van der Waals surface area contributed by atoms with Crippen LogP contribution in [-0.2, 0) is 30.1 Å². The van der Waals surface area contributed by atoms with Crippen LogP contribution in [0, 0.1) is 11.8 Å². The molecule has 3 atom stereocenters. The van der Waals surface area contributed by atoms with Crippen LogP contribution in [0.15, 0.2) is 66.7 Å². The lowest BCUT2D eigenvalue weighted by Gasteiger charge is -2.45. The average Bonchev–Trinajstić information content (AvgIpc) is 3.27. The lowest BCUT2D eigenvalue weighted by atomic mass is 9.55. The molecule has 1 fully saturated rings. The Morgan fingerprint density at radius 2 is 1.43 bits per heavy atom. The van der Waals surface area contributed by atoms with Gasteiger partial charge in [0.05, 0.1) is 28.1 Å². The summed E-state index contributed by atoms with van der Waals surface area (Å²) in [6, 6.07) is 16.8. The van der Waals surface area contributed by atoms with Gasteiger partial charge in [-0.05, 0) is 46.9 Å². The van der Waals surface area contributed by atoms with Crippen molar-refractivity contribution >= 4 is 41.0 Å². The number of likely N-dealkylation sites (tertiary alicyclic amines) is 1. The first-order chi connectivity index (χ1) is 21.0. The lowest BCUT2D eigenvalue weighted by Crippen LogP contribution is -2.47. The Bertz CT molecular complexity index is 1560. The Balaban J connectivity index is 1.23. The van der Waals surface area contributed by atoms with E-state index in [0.29, 0.717) is 18.9 Å². The van der Waals surface area contributed by atoms with Gasteiger partial charge in [0, 0.05) is 11.8 Å². The van der Waals surface area contributed by atoms with E-state index in [1.807, 2.05) is 55.5 Å². The minimum Gasteiger partial charge on any atom is -0.454 e. The third kappa shape index (κ3) is 4.95. The zero-order valence-corrected chi connectivity index (χ0v) is 24.3. The fourth-order valence-corrected chi connectivity index (χ4v) is 7.14. The molecule has 4 aliphatic rings. The van der Waals surface area contributed by atoms with E-state index in [0.717, 1.165) is 39.3 Å². The van der Waals surface area contributed by atoms with E-state index in [1.165, 1.54) is 0 Å². The molecule has 7 rings (SSSR count). The fourth-order valence-electron chi connectivity index (χ4n) is 6.97. The highest BCUT2D eigenvalue weighted by atomic mass is 35.5. The molecular weight excluding hydrogens is 597 g/mol. The molecule has 3 aromatic carbocycles. The first-order valence-corrected chi connectivity index (χ1v) is 14.8. The maximum Gasteiger partial charge on any atom is 0.416 e. The zero-order valence-electron chi connectivity index (χ0n) is 23.6. The molecule has 1 N–H and O–H groups in total. The van der Waals surface area contributed by atoms with Gasteiger partial charge in [0.1, 0.15) is 6.04 Å². The average molecular weight is 625 g/mol. The number of hydrogen-bond acceptors (Lipinski definition) is 5. The molecule has 3 amide bonds. The molecule has 1 saturated heterocycles. The number of rotatable bonds is 8. The van der Waals surface area contributed by atoms with Crippen LogP contribution in [0.25, 0.3) is 0 Å². The summed E-state index contributed by atoms with van der Waals surface area (Å²) in [5.41, 5.74) is 2.68. The molecule has 0 saturated carbocycles. The molecule has 0 radical (unpaired) electrons. The Morgan fingerprint density at radius 3 is 1.91 bits per heavy atom. The summed E-state index contributed by atoms with van der Waals surface area (Å²) in [4.78, 5) is 55.3. The van der Waals surface area contributed by atoms with Gasteiger partial charge >= 0.3 is 12.1 Å². The summed E-state index contributed by atoms with van der Waals surface area (Å²) in [6.45, 7) is 1.05. The van der Waals surface area contributed by atoms with Gasteiger partial charge in [-0.2, -0.15) is 13.2 Å². The van der Waals surface area contributed by atoms with E-state index in [9.17, 15) is 32.3 Å². The number of ether oxygens (including phenoxy) is 1. The number of amides is 3. The molecule has 0 spiro atoms. The van der Waals surface area contributed by atoms with Crippen LogP contribution in [0.5, 0.6) is 0 Å². The van der Waals surface area contributed by atoms with Crippen LogP contribution in [-0.4, -0.2) is 41.2 Å². The number of unbranched alkanes of at least 4 members (excludes halogenated alkanes) is 1. The predicted molar refractivity (Wildman–Crippen MR) is 155 cm³/mol. The second kappa shape index (κ2) is 11.4. The van der Waals surface area contributed by atoms with Gasteiger partial charge in [-0.15, -0.1) is 0 Å². The maximum atomic E-state index is 14.1. The summed E-state index contributed by atoms with van der Waals surface area (Å²) in [5, 5.41) is 2.10. The lowest BCUT2D eigenvalue weighted by molar-refractivity contribution is -0.160. The SMILES string of the molecule is CCCC[C@H](C(=O)OCC(=O)Nc1cc(C(F)(F)F)ccc1Cl)N1C(=O)[C@@H]2C3c4ccccc4C(c4ccccc43)[C@H]2C1=O. The molecule has 44 heavy (non-hydrogen) atoms. The number of benzene rings is 3. The van der Waals surface area contributed by atoms with Crippen molar-refractivity contribution in [2.45, 2.75) is 50.2 Å². The van der Waals surface area contributed by atoms with E-state index < -0.39 is 59.9 Å². The standard InChI is InChI=1S/C33H28ClF3N2O5/c1-2-3-12-24(32(43)44-16-25(40)38-23-15-17(33(35,36)37)13-14-22(23)34)39-30(41)28-26-18-8-4-5-9-19(18)27(29(28)31(39)42)21-11-7-6-10-20(21)26/h4-11,13-15,24,26-29H,2-3,12,16H2,1H3,(H,38,40)/t24-,26?,27?,28-,29-/m1/s1. The Hall–Kier alpha value is -4.18. The van der Waals surface area contributed by atoms with Crippen molar-refractivity contribution < 1.29 is 37.1 Å². The van der Waals surface area contributed by atoms with Gasteiger partial charge in [-0.25, -0.2) is 4.79 Å². The van der Waals surface area contributed by atoms with Crippen LogP contribution < -0.4 is 5.32 Å². The topological polar surface area (TPSA) is 92.8 Å². The molecular formula is C33H28ClF3N2O5. The summed E-state index contributed by atoms with van der Waals surface area (Å²) < 4.78 is 44.6. The smallest absolute Gasteiger partial charge is 0.416 e. The van der Waals surface area contributed by atoms with E-state index >= 15 is 0 Å². The van der Waals surface area contributed by atoms with E-state index in [-0.39, 0.29) is 29.0 Å². The van der Waals surface area contributed by atoms with Crippen molar-refractivity contribution in [2.75, 3.05) is 11.9 Å². The third-order valence-corrected chi connectivity index (χ3v) is 9.14. The Kier molecular flexibility index (Phi) is 7.73. The van der Waals surface area contributed by atoms with E-state index in [2.05, 4.69) is 5.32 Å². The van der Waals surface area contributed by atoms with Gasteiger partial charge in [-0.3, -0.25) is 19.3 Å². The molecule has 3 aromatic rings. The van der Waals surface area contributed by atoms with Gasteiger partial charge in [0.15, 0.2) is 6.61 Å². The summed E-state index contributed by atoms with van der Waals surface area (Å²) >= 11 is 5.96. The molecule has 1 aliphatic heterocycles. The van der Waals surface area contributed by atoms with Crippen molar-refractivity contribution in [1.29, 1.82) is 0 Å². The number of anilines is 1. The number of esters is 1. The molecule has 1 heterocycles. The molecule has 228 valence electrons. The Morgan fingerprint density at radius 1 is 0.909 bits per heavy atom. The summed E-state index contributed by atoms with van der Waals surface area (Å²) in [6.07, 6.45) is -3.34. The van der Waals surface area contributed by atoms with Crippen molar-refractivity contribution in [2.24, 2.45) is 11.8 Å². The number of nitrogens with zero attached hydrogens (tertiary/aromatic N) is 1. The largest absolute Gasteiger partial charge is 0.454 e. The predicted octanol–water partition coefficient (Wildman–Crippen LogP) is 6.29. The molecule has 0 aromatic heterocycles. The minimum absolute atomic E-state index is 0.133. The Labute approximate surface area is 256 Å². The van der Waals surface area contributed by atoms with Crippen LogP contribution in [0.1, 0.15) is 65.8 Å². The van der Waals surface area contributed by atoms with Gasteiger partial charge in [0.2, 0.25) is 11.8 Å². The monoisotopic (exact) mass is 624 g/mol. The number of imide groups is 1.